The Morgan fingerprint density at radius 1 is 1.48 bits per heavy atom. The second-order valence-electron chi connectivity index (χ2n) is 3.99. The van der Waals surface area contributed by atoms with Crippen molar-refractivity contribution in [3.05, 3.63) is 35.3 Å². The molecule has 0 bridgehead atoms. The predicted molar refractivity (Wildman–Crippen MR) is 77.3 cm³/mol. The third-order valence-corrected chi connectivity index (χ3v) is 4.81. The van der Waals surface area contributed by atoms with E-state index < -0.39 is 22.4 Å². The van der Waals surface area contributed by atoms with Gasteiger partial charge in [0.15, 0.2) is 5.13 Å². The van der Waals surface area contributed by atoms with Gasteiger partial charge in [-0.25, -0.2) is 13.4 Å². The number of benzene rings is 1. The van der Waals surface area contributed by atoms with Crippen LogP contribution in [0.25, 0.3) is 0 Å². The second kappa shape index (κ2) is 6.10. The number of thiazole rings is 1. The molecule has 0 fully saturated rings. The molecule has 1 aromatic heterocycles. The lowest BCUT2D eigenvalue weighted by Gasteiger charge is -2.11. The highest BCUT2D eigenvalue weighted by atomic mass is 32.2. The Balaban J connectivity index is 2.43. The molecule has 0 saturated heterocycles. The lowest BCUT2D eigenvalue weighted by atomic mass is 10.1. The van der Waals surface area contributed by atoms with E-state index in [0.29, 0.717) is 5.75 Å². The van der Waals surface area contributed by atoms with Gasteiger partial charge in [-0.2, -0.15) is 0 Å². The summed E-state index contributed by atoms with van der Waals surface area (Å²) in [5.41, 5.74) is 0.144. The number of ether oxygens (including phenoxy) is 1. The van der Waals surface area contributed by atoms with Crippen LogP contribution in [0.2, 0.25) is 0 Å². The molecule has 21 heavy (non-hydrogen) atoms. The van der Waals surface area contributed by atoms with Gasteiger partial charge >= 0.3 is 5.97 Å². The molecular weight excluding hydrogens is 316 g/mol. The normalized spacial score (nSPS) is 11.1. The van der Waals surface area contributed by atoms with Gasteiger partial charge in [0.05, 0.1) is 18.4 Å². The van der Waals surface area contributed by atoms with E-state index >= 15 is 0 Å². The van der Waals surface area contributed by atoms with Crippen molar-refractivity contribution >= 4 is 32.5 Å². The van der Waals surface area contributed by atoms with Crippen molar-refractivity contribution in [1.29, 1.82) is 0 Å². The van der Waals surface area contributed by atoms with Gasteiger partial charge in [-0.15, -0.1) is 11.3 Å². The van der Waals surface area contributed by atoms with E-state index in [1.165, 1.54) is 31.5 Å². The highest BCUT2D eigenvalue weighted by Gasteiger charge is 2.21. The first-order valence-corrected chi connectivity index (χ1v) is 8.09. The number of nitrogens with zero attached hydrogens (tertiary/aromatic N) is 1. The summed E-state index contributed by atoms with van der Waals surface area (Å²) in [4.78, 5) is 14.6. The summed E-state index contributed by atoms with van der Waals surface area (Å²) in [5.74, 6) is -0.742. The van der Waals surface area contributed by atoms with Crippen molar-refractivity contribution in [2.75, 3.05) is 11.8 Å². The molecule has 0 saturated carbocycles. The van der Waals surface area contributed by atoms with E-state index in [9.17, 15) is 13.2 Å². The maximum absolute atomic E-state index is 12.3. The number of carboxylic acids is 1. The first-order chi connectivity index (χ1) is 9.92. The average Bonchev–Trinajstić information content (AvgIpc) is 2.89. The average molecular weight is 328 g/mol. The quantitative estimate of drug-likeness (QED) is 0.834. The smallest absolute Gasteiger partial charge is 0.307 e. The molecule has 0 radical (unpaired) electrons. The zero-order chi connectivity index (χ0) is 15.5. The fourth-order valence-electron chi connectivity index (χ4n) is 1.69. The Morgan fingerprint density at radius 2 is 2.24 bits per heavy atom. The number of carbonyl (C=O) groups is 1. The molecule has 2 N–H and O–H groups in total. The number of sulfonamides is 1. The van der Waals surface area contributed by atoms with Crippen molar-refractivity contribution in [2.45, 2.75) is 11.3 Å². The van der Waals surface area contributed by atoms with Crippen LogP contribution in [0.4, 0.5) is 5.13 Å². The molecule has 9 heteroatoms. The molecule has 1 heterocycles. The minimum atomic E-state index is -3.91. The lowest BCUT2D eigenvalue weighted by Crippen LogP contribution is -2.16. The summed E-state index contributed by atoms with van der Waals surface area (Å²) in [7, 11) is -2.49. The van der Waals surface area contributed by atoms with Crippen LogP contribution in [0, 0.1) is 0 Å². The number of anilines is 1. The van der Waals surface area contributed by atoms with Gasteiger partial charge in [-0.3, -0.25) is 9.52 Å². The monoisotopic (exact) mass is 328 g/mol. The van der Waals surface area contributed by atoms with Crippen LogP contribution in [-0.4, -0.2) is 31.6 Å². The number of rotatable bonds is 6. The Labute approximate surface area is 125 Å². The topological polar surface area (TPSA) is 106 Å². The van der Waals surface area contributed by atoms with Gasteiger partial charge in [-0.05, 0) is 23.8 Å². The summed E-state index contributed by atoms with van der Waals surface area (Å²) < 4.78 is 31.9. The fraction of sp³-hybridized carbons (Fsp3) is 0.167. The van der Waals surface area contributed by atoms with Crippen molar-refractivity contribution < 1.29 is 23.1 Å². The van der Waals surface area contributed by atoms with Crippen molar-refractivity contribution in [2.24, 2.45) is 0 Å². The maximum atomic E-state index is 12.3. The molecule has 0 amide bonds. The molecule has 0 aliphatic carbocycles. The van der Waals surface area contributed by atoms with Gasteiger partial charge in [0.25, 0.3) is 10.0 Å². The number of aliphatic carboxylic acids is 1. The first kappa shape index (κ1) is 15.3. The van der Waals surface area contributed by atoms with Crippen LogP contribution in [0.15, 0.2) is 34.7 Å². The zero-order valence-electron chi connectivity index (χ0n) is 10.9. The molecule has 0 spiro atoms. The van der Waals surface area contributed by atoms with Gasteiger partial charge in [0.1, 0.15) is 5.75 Å². The minimum absolute atomic E-state index is 0.110. The predicted octanol–water partition coefficient (Wildman–Crippen LogP) is 1.58. The van der Waals surface area contributed by atoms with Crippen LogP contribution < -0.4 is 9.46 Å². The molecule has 2 rings (SSSR count). The number of carboxylic acid groups (broad SMARTS) is 1. The van der Waals surface area contributed by atoms with Crippen LogP contribution in [0.3, 0.4) is 0 Å². The van der Waals surface area contributed by atoms with E-state index in [2.05, 4.69) is 9.71 Å². The zero-order valence-corrected chi connectivity index (χ0v) is 12.6. The van der Waals surface area contributed by atoms with Gasteiger partial charge < -0.3 is 9.84 Å². The number of nitrogens with one attached hydrogen (secondary N) is 1. The Bertz CT molecular complexity index is 741. The Morgan fingerprint density at radius 3 is 2.81 bits per heavy atom. The van der Waals surface area contributed by atoms with Gasteiger partial charge in [-0.1, -0.05) is 0 Å². The fourth-order valence-corrected chi connectivity index (χ4v) is 3.70. The van der Waals surface area contributed by atoms with Crippen molar-refractivity contribution in [3.63, 3.8) is 0 Å². The van der Waals surface area contributed by atoms with E-state index in [1.807, 2.05) is 0 Å². The summed E-state index contributed by atoms with van der Waals surface area (Å²) in [6.07, 6.45) is 1.04. The number of hydrogen-bond donors (Lipinski definition) is 2. The first-order valence-electron chi connectivity index (χ1n) is 5.73. The van der Waals surface area contributed by atoms with E-state index in [0.717, 1.165) is 11.3 Å². The molecule has 7 nitrogen and oxygen atoms in total. The lowest BCUT2D eigenvalue weighted by molar-refractivity contribution is -0.136. The van der Waals surface area contributed by atoms with Gasteiger partial charge in [0.2, 0.25) is 0 Å². The summed E-state index contributed by atoms with van der Waals surface area (Å²) in [5, 5.41) is 10.8. The summed E-state index contributed by atoms with van der Waals surface area (Å²) in [6.45, 7) is 0. The number of aromatic nitrogens is 1. The Hall–Kier alpha value is -2.13. The highest BCUT2D eigenvalue weighted by molar-refractivity contribution is 7.93. The maximum Gasteiger partial charge on any atom is 0.307 e. The number of hydrogen-bond acceptors (Lipinski definition) is 6. The van der Waals surface area contributed by atoms with E-state index in [1.54, 1.807) is 5.38 Å². The Kier molecular flexibility index (Phi) is 4.43. The molecule has 0 aliphatic rings. The van der Waals surface area contributed by atoms with Crippen molar-refractivity contribution in [3.8, 4) is 5.75 Å². The molecule has 2 aromatic rings. The molecule has 0 unspecified atom stereocenters. The van der Waals surface area contributed by atoms with Crippen LogP contribution >= 0.6 is 11.3 Å². The molecule has 0 aliphatic heterocycles. The van der Waals surface area contributed by atoms with E-state index in [4.69, 9.17) is 9.84 Å². The minimum Gasteiger partial charge on any atom is -0.497 e. The van der Waals surface area contributed by atoms with Crippen LogP contribution in [0.5, 0.6) is 5.75 Å². The van der Waals surface area contributed by atoms with Crippen LogP contribution in [-0.2, 0) is 21.2 Å². The van der Waals surface area contributed by atoms with E-state index in [-0.39, 0.29) is 15.6 Å². The highest BCUT2D eigenvalue weighted by Crippen LogP contribution is 2.25. The third-order valence-electron chi connectivity index (χ3n) is 2.55. The second-order valence-corrected chi connectivity index (χ2v) is 6.53. The standard InChI is InChI=1S/C12H12N2O5S2/c1-19-9-2-3-10(8(6-9)7-11(15)16)21(17,18)14-12-13-4-5-20-12/h2-6H,7H2,1H3,(H,13,14)(H,15,16). The van der Waals surface area contributed by atoms with Gasteiger partial charge in [0, 0.05) is 11.6 Å². The SMILES string of the molecule is COc1ccc(S(=O)(=O)Nc2nccs2)c(CC(=O)O)c1. The van der Waals surface area contributed by atoms with Crippen molar-refractivity contribution in [1.82, 2.24) is 4.98 Å². The summed E-state index contributed by atoms with van der Waals surface area (Å²) in [6, 6.07) is 4.17. The largest absolute Gasteiger partial charge is 0.497 e. The molecule has 1 aromatic carbocycles. The molecule has 112 valence electrons. The summed E-state index contributed by atoms with van der Waals surface area (Å²) >= 11 is 1.13. The number of methoxy groups -OCH3 is 1. The van der Waals surface area contributed by atoms with Crippen LogP contribution in [0.1, 0.15) is 5.56 Å². The third kappa shape index (κ3) is 3.70. The molecule has 0 atom stereocenters. The molecular formula is C12H12N2O5S2.